The van der Waals surface area contributed by atoms with Crippen molar-refractivity contribution in [1.29, 1.82) is 0 Å². The molecule has 0 unspecified atom stereocenters. The van der Waals surface area contributed by atoms with E-state index in [2.05, 4.69) is 229 Å². The van der Waals surface area contributed by atoms with Gasteiger partial charge in [0.25, 0.3) is 0 Å². The first kappa shape index (κ1) is 35.2. The largest absolute Gasteiger partial charge is 0.455 e. The van der Waals surface area contributed by atoms with Crippen LogP contribution in [0.4, 0.5) is 17.1 Å². The molecule has 0 aliphatic rings. The van der Waals surface area contributed by atoms with Crippen LogP contribution in [0, 0.1) is 0 Å². The van der Waals surface area contributed by atoms with Crippen LogP contribution in [0.15, 0.2) is 241 Å². The molecule has 11 rings (SSSR count). The molecule has 0 aliphatic carbocycles. The molecule has 0 amide bonds. The molecule has 0 saturated carbocycles. The van der Waals surface area contributed by atoms with Crippen LogP contribution < -0.4 is 4.90 Å². The molecule has 0 radical (unpaired) electrons. The molecule has 1 aromatic heterocycles. The number of rotatable bonds is 8. The number of hydrogen-bond acceptors (Lipinski definition) is 2. The number of anilines is 3. The third-order valence-electron chi connectivity index (χ3n) is 11.7. The van der Waals surface area contributed by atoms with Gasteiger partial charge in [-0.3, -0.25) is 0 Å². The second-order valence-electron chi connectivity index (χ2n) is 15.2. The lowest BCUT2D eigenvalue weighted by molar-refractivity contribution is 0.670. The van der Waals surface area contributed by atoms with Crippen molar-refractivity contribution >= 4 is 49.8 Å². The van der Waals surface area contributed by atoms with Gasteiger partial charge in [-0.15, -0.1) is 0 Å². The van der Waals surface area contributed by atoms with E-state index in [0.29, 0.717) is 0 Å². The molecule has 0 fully saturated rings. The number of benzene rings is 10. The highest BCUT2D eigenvalue weighted by Crippen LogP contribution is 2.43. The summed E-state index contributed by atoms with van der Waals surface area (Å²) in [4.78, 5) is 2.33. The van der Waals surface area contributed by atoms with Gasteiger partial charge in [0.1, 0.15) is 11.2 Å². The van der Waals surface area contributed by atoms with E-state index in [1.807, 2.05) is 12.1 Å². The Morgan fingerprint density at radius 1 is 0.250 bits per heavy atom. The lowest BCUT2D eigenvalue weighted by Gasteiger charge is -2.26. The van der Waals surface area contributed by atoms with Crippen LogP contribution in [0.3, 0.4) is 0 Å². The average molecular weight is 766 g/mol. The van der Waals surface area contributed by atoms with E-state index in [4.69, 9.17) is 4.42 Å². The Morgan fingerprint density at radius 2 is 0.717 bits per heavy atom. The van der Waals surface area contributed by atoms with Crippen molar-refractivity contribution in [3.05, 3.63) is 237 Å². The standard InChI is InChI=1S/C58H39NO/c1-3-15-41(16-4-1)48-21-7-8-22-49(48)44-18-13-17-43(39-44)40-29-33-46(34-30-40)59(45-19-5-2-6-20-45)47-35-31-42(32-36-47)50-37-38-53(52-24-10-9-23-51(50)52)55-26-14-27-56-54-25-11-12-28-57(54)60-58(55)56/h1-39H. The predicted octanol–water partition coefficient (Wildman–Crippen LogP) is 16.5. The molecule has 0 bridgehead atoms. The fourth-order valence-electron chi connectivity index (χ4n) is 8.83. The van der Waals surface area contributed by atoms with Crippen LogP contribution in [0.25, 0.3) is 88.3 Å². The quantitative estimate of drug-likeness (QED) is 0.153. The summed E-state index contributed by atoms with van der Waals surface area (Å²) in [6.07, 6.45) is 0. The van der Waals surface area contributed by atoms with Crippen molar-refractivity contribution in [2.45, 2.75) is 0 Å². The molecule has 282 valence electrons. The summed E-state index contributed by atoms with van der Waals surface area (Å²) in [6.45, 7) is 0. The molecule has 2 nitrogen and oxygen atoms in total. The third-order valence-corrected chi connectivity index (χ3v) is 11.7. The molecule has 11 aromatic rings. The van der Waals surface area contributed by atoms with Crippen molar-refractivity contribution in [3.8, 4) is 55.6 Å². The van der Waals surface area contributed by atoms with Gasteiger partial charge in [-0.05, 0) is 109 Å². The van der Waals surface area contributed by atoms with Crippen molar-refractivity contribution in [3.63, 3.8) is 0 Å². The molecular weight excluding hydrogens is 727 g/mol. The average Bonchev–Trinajstić information content (AvgIpc) is 3.72. The number of nitrogens with zero attached hydrogens (tertiary/aromatic N) is 1. The molecule has 1 heterocycles. The maximum absolute atomic E-state index is 6.47. The van der Waals surface area contributed by atoms with Gasteiger partial charge >= 0.3 is 0 Å². The van der Waals surface area contributed by atoms with Gasteiger partial charge in [-0.2, -0.15) is 0 Å². The SMILES string of the molecule is c1ccc(-c2ccccc2-c2cccc(-c3ccc(N(c4ccccc4)c4ccc(-c5ccc(-c6cccc7c6oc6ccccc67)c6ccccc56)cc4)cc3)c2)cc1. The van der Waals surface area contributed by atoms with E-state index < -0.39 is 0 Å². The number of fused-ring (bicyclic) bond motifs is 4. The van der Waals surface area contributed by atoms with Crippen LogP contribution in [-0.2, 0) is 0 Å². The Hall–Kier alpha value is -7.94. The monoisotopic (exact) mass is 765 g/mol. The van der Waals surface area contributed by atoms with Gasteiger partial charge in [0.15, 0.2) is 0 Å². The molecule has 0 N–H and O–H groups in total. The molecule has 10 aromatic carbocycles. The molecule has 0 spiro atoms. The second-order valence-corrected chi connectivity index (χ2v) is 15.2. The maximum atomic E-state index is 6.47. The highest BCUT2D eigenvalue weighted by Gasteiger charge is 2.17. The summed E-state index contributed by atoms with van der Waals surface area (Å²) in [5.41, 5.74) is 17.0. The van der Waals surface area contributed by atoms with Gasteiger partial charge in [-0.25, -0.2) is 0 Å². The molecular formula is C58H39NO. The van der Waals surface area contributed by atoms with Crippen LogP contribution in [0.2, 0.25) is 0 Å². The number of furan rings is 1. The Kier molecular flexibility index (Phi) is 8.87. The van der Waals surface area contributed by atoms with E-state index in [1.54, 1.807) is 0 Å². The fourth-order valence-corrected chi connectivity index (χ4v) is 8.83. The Bertz CT molecular complexity index is 3290. The van der Waals surface area contributed by atoms with Crippen molar-refractivity contribution < 1.29 is 4.42 Å². The highest BCUT2D eigenvalue weighted by atomic mass is 16.3. The van der Waals surface area contributed by atoms with E-state index in [1.165, 1.54) is 55.3 Å². The van der Waals surface area contributed by atoms with Crippen LogP contribution in [-0.4, -0.2) is 0 Å². The predicted molar refractivity (Wildman–Crippen MR) is 253 cm³/mol. The zero-order valence-corrected chi connectivity index (χ0v) is 32.9. The minimum absolute atomic E-state index is 0.910. The number of para-hydroxylation sites is 3. The topological polar surface area (TPSA) is 16.4 Å². The summed E-state index contributed by atoms with van der Waals surface area (Å²) in [7, 11) is 0. The first-order chi connectivity index (χ1) is 29.8. The lowest BCUT2D eigenvalue weighted by Crippen LogP contribution is -2.09. The zero-order chi connectivity index (χ0) is 39.8. The van der Waals surface area contributed by atoms with E-state index >= 15 is 0 Å². The van der Waals surface area contributed by atoms with Gasteiger partial charge in [0, 0.05) is 33.4 Å². The van der Waals surface area contributed by atoms with Crippen molar-refractivity contribution in [2.24, 2.45) is 0 Å². The summed E-state index contributed by atoms with van der Waals surface area (Å²) in [5, 5.41) is 4.68. The molecule has 0 saturated heterocycles. The van der Waals surface area contributed by atoms with E-state index in [9.17, 15) is 0 Å². The summed E-state index contributed by atoms with van der Waals surface area (Å²) < 4.78 is 6.47. The van der Waals surface area contributed by atoms with Crippen LogP contribution in [0.5, 0.6) is 0 Å². The lowest BCUT2D eigenvalue weighted by atomic mass is 9.91. The van der Waals surface area contributed by atoms with Crippen LogP contribution in [0.1, 0.15) is 0 Å². The molecule has 2 heteroatoms. The highest BCUT2D eigenvalue weighted by molar-refractivity contribution is 6.13. The summed E-state index contributed by atoms with van der Waals surface area (Å²) in [5.74, 6) is 0. The molecule has 0 aliphatic heterocycles. The second kappa shape index (κ2) is 15.1. The summed E-state index contributed by atoms with van der Waals surface area (Å²) in [6, 6.07) is 84.7. The van der Waals surface area contributed by atoms with Gasteiger partial charge in [0.05, 0.1) is 0 Å². The minimum atomic E-state index is 0.910. The Labute approximate surface area is 349 Å². The van der Waals surface area contributed by atoms with E-state index in [0.717, 1.165) is 50.1 Å². The van der Waals surface area contributed by atoms with Crippen molar-refractivity contribution in [2.75, 3.05) is 4.90 Å². The number of hydrogen-bond donors (Lipinski definition) is 0. The van der Waals surface area contributed by atoms with Gasteiger partial charge < -0.3 is 9.32 Å². The zero-order valence-electron chi connectivity index (χ0n) is 32.9. The van der Waals surface area contributed by atoms with Crippen LogP contribution >= 0.6 is 0 Å². The van der Waals surface area contributed by atoms with Gasteiger partial charge in [-0.1, -0.05) is 188 Å². The maximum Gasteiger partial charge on any atom is 0.143 e. The summed E-state index contributed by atoms with van der Waals surface area (Å²) >= 11 is 0. The third kappa shape index (κ3) is 6.32. The Balaban J connectivity index is 0.928. The Morgan fingerprint density at radius 3 is 1.45 bits per heavy atom. The smallest absolute Gasteiger partial charge is 0.143 e. The van der Waals surface area contributed by atoms with Crippen molar-refractivity contribution in [1.82, 2.24) is 0 Å². The fraction of sp³-hybridized carbons (Fsp3) is 0. The van der Waals surface area contributed by atoms with E-state index in [-0.39, 0.29) is 0 Å². The first-order valence-electron chi connectivity index (χ1n) is 20.5. The first-order valence-corrected chi connectivity index (χ1v) is 20.5. The normalized spacial score (nSPS) is 11.3. The minimum Gasteiger partial charge on any atom is -0.455 e. The molecule has 60 heavy (non-hydrogen) atoms. The molecule has 0 atom stereocenters. The van der Waals surface area contributed by atoms with Gasteiger partial charge in [0.2, 0.25) is 0 Å².